The Hall–Kier alpha value is -2.23. The smallest absolute Gasteiger partial charge is 0.247 e. The third-order valence-corrected chi connectivity index (χ3v) is 2.73. The van der Waals surface area contributed by atoms with Crippen LogP contribution in [0.5, 0.6) is 5.75 Å². The predicted octanol–water partition coefficient (Wildman–Crippen LogP) is 1.87. The molecule has 17 heavy (non-hydrogen) atoms. The molecule has 0 unspecified atom stereocenters. The summed E-state index contributed by atoms with van der Waals surface area (Å²) in [5, 5.41) is 3.71. The molecule has 2 aromatic rings. The van der Waals surface area contributed by atoms with E-state index in [0.717, 1.165) is 22.3 Å². The second kappa shape index (κ2) is 3.66. The third kappa shape index (κ3) is 1.78. The molecule has 0 bridgehead atoms. The van der Waals surface area contributed by atoms with Crippen molar-refractivity contribution in [3.63, 3.8) is 0 Å². The maximum absolute atomic E-state index is 11.0. The van der Waals surface area contributed by atoms with Crippen molar-refractivity contribution in [1.29, 1.82) is 0 Å². The molecule has 1 aliphatic rings. The number of hydrogen-bond donors (Lipinski definition) is 2. The Morgan fingerprint density at radius 3 is 3.00 bits per heavy atom. The molecular formula is C13H12N2O2. The van der Waals surface area contributed by atoms with Gasteiger partial charge in [0.05, 0.1) is 6.54 Å². The number of aromatic amines is 1. The molecule has 0 atom stereocenters. The molecule has 0 spiro atoms. The number of rotatable bonds is 2. The van der Waals surface area contributed by atoms with Crippen LogP contribution in [-0.2, 0) is 4.79 Å². The number of aromatic nitrogens is 1. The molecule has 86 valence electrons. The van der Waals surface area contributed by atoms with Crippen molar-refractivity contribution in [2.45, 2.75) is 6.92 Å². The fourth-order valence-electron chi connectivity index (χ4n) is 1.99. The van der Waals surface area contributed by atoms with Gasteiger partial charge in [0.25, 0.3) is 0 Å². The van der Waals surface area contributed by atoms with Crippen LogP contribution < -0.4 is 10.1 Å². The van der Waals surface area contributed by atoms with Crippen molar-refractivity contribution in [2.24, 2.45) is 0 Å². The Kier molecular flexibility index (Phi) is 2.14. The first kappa shape index (κ1) is 9.96. The number of amides is 1. The van der Waals surface area contributed by atoms with Gasteiger partial charge in [-0.15, -0.1) is 0 Å². The second-order valence-electron chi connectivity index (χ2n) is 4.10. The first-order valence-corrected chi connectivity index (χ1v) is 5.47. The number of nitrogens with one attached hydrogen (secondary N) is 2. The Bertz CT molecular complexity index is 625. The lowest BCUT2D eigenvalue weighted by molar-refractivity contribution is -0.115. The molecule has 0 saturated heterocycles. The molecule has 2 heterocycles. The molecule has 0 radical (unpaired) electrons. The van der Waals surface area contributed by atoms with E-state index >= 15 is 0 Å². The SMILES string of the molecule is Cc1cc2c(OC3=CC(=O)NC3)cccc2[nH]1. The molecule has 0 saturated carbocycles. The third-order valence-electron chi connectivity index (χ3n) is 2.73. The average Bonchev–Trinajstić information content (AvgIpc) is 2.84. The quantitative estimate of drug-likeness (QED) is 0.824. The molecule has 3 rings (SSSR count). The van der Waals surface area contributed by atoms with Gasteiger partial charge in [-0.2, -0.15) is 0 Å². The van der Waals surface area contributed by atoms with Crippen molar-refractivity contribution in [3.8, 4) is 5.75 Å². The van der Waals surface area contributed by atoms with E-state index in [1.54, 1.807) is 0 Å². The highest BCUT2D eigenvalue weighted by Gasteiger charge is 2.14. The normalized spacial score (nSPS) is 14.9. The van der Waals surface area contributed by atoms with Crippen LogP contribution in [0.3, 0.4) is 0 Å². The highest BCUT2D eigenvalue weighted by Crippen LogP contribution is 2.27. The van der Waals surface area contributed by atoms with Crippen LogP contribution in [0.1, 0.15) is 5.69 Å². The van der Waals surface area contributed by atoms with Crippen molar-refractivity contribution in [2.75, 3.05) is 6.54 Å². The summed E-state index contributed by atoms with van der Waals surface area (Å²) >= 11 is 0. The Morgan fingerprint density at radius 2 is 2.24 bits per heavy atom. The minimum Gasteiger partial charge on any atom is -0.459 e. The van der Waals surface area contributed by atoms with Gasteiger partial charge in [0, 0.05) is 22.7 Å². The monoisotopic (exact) mass is 228 g/mol. The summed E-state index contributed by atoms with van der Waals surface area (Å²) < 4.78 is 5.73. The Balaban J connectivity index is 2.00. The van der Waals surface area contributed by atoms with E-state index in [1.165, 1.54) is 6.08 Å². The van der Waals surface area contributed by atoms with Crippen LogP contribution >= 0.6 is 0 Å². The largest absolute Gasteiger partial charge is 0.459 e. The van der Waals surface area contributed by atoms with E-state index in [-0.39, 0.29) is 5.91 Å². The molecule has 1 aromatic carbocycles. The van der Waals surface area contributed by atoms with Gasteiger partial charge in [-0.25, -0.2) is 0 Å². The highest BCUT2D eigenvalue weighted by molar-refractivity contribution is 5.91. The van der Waals surface area contributed by atoms with Crippen molar-refractivity contribution in [1.82, 2.24) is 10.3 Å². The summed E-state index contributed by atoms with van der Waals surface area (Å²) in [4.78, 5) is 14.3. The maximum atomic E-state index is 11.0. The molecule has 1 aliphatic heterocycles. The second-order valence-corrected chi connectivity index (χ2v) is 4.10. The van der Waals surface area contributed by atoms with Crippen LogP contribution in [0.4, 0.5) is 0 Å². The number of carbonyl (C=O) groups excluding carboxylic acids is 1. The summed E-state index contributed by atoms with van der Waals surface area (Å²) in [6.07, 6.45) is 1.48. The van der Waals surface area contributed by atoms with Gasteiger partial charge in [-0.1, -0.05) is 6.07 Å². The van der Waals surface area contributed by atoms with Crippen LogP contribution in [0.15, 0.2) is 36.1 Å². The molecule has 4 nitrogen and oxygen atoms in total. The van der Waals surface area contributed by atoms with Gasteiger partial charge in [-0.3, -0.25) is 4.79 Å². The van der Waals surface area contributed by atoms with Crippen LogP contribution in [-0.4, -0.2) is 17.4 Å². The van der Waals surface area contributed by atoms with Gasteiger partial charge in [0.2, 0.25) is 5.91 Å². The van der Waals surface area contributed by atoms with Crippen molar-refractivity contribution >= 4 is 16.8 Å². The number of carbonyl (C=O) groups is 1. The number of benzene rings is 1. The zero-order chi connectivity index (χ0) is 11.8. The average molecular weight is 228 g/mol. The predicted molar refractivity (Wildman–Crippen MR) is 64.8 cm³/mol. The molecule has 0 aliphatic carbocycles. The zero-order valence-corrected chi connectivity index (χ0v) is 9.41. The molecule has 0 fully saturated rings. The summed E-state index contributed by atoms with van der Waals surface area (Å²) in [6.45, 7) is 2.46. The molecule has 4 heteroatoms. The minimum absolute atomic E-state index is 0.0996. The van der Waals surface area contributed by atoms with Crippen LogP contribution in [0.25, 0.3) is 10.9 Å². The zero-order valence-electron chi connectivity index (χ0n) is 9.41. The number of H-pyrrole nitrogens is 1. The van der Waals surface area contributed by atoms with E-state index in [1.807, 2.05) is 31.2 Å². The summed E-state index contributed by atoms with van der Waals surface area (Å²) in [5.74, 6) is 1.33. The van der Waals surface area contributed by atoms with Gasteiger partial charge < -0.3 is 15.0 Å². The maximum Gasteiger partial charge on any atom is 0.247 e. The van der Waals surface area contributed by atoms with Crippen molar-refractivity contribution < 1.29 is 9.53 Å². The van der Waals surface area contributed by atoms with E-state index in [2.05, 4.69) is 10.3 Å². The molecule has 1 amide bonds. The number of hydrogen-bond acceptors (Lipinski definition) is 2. The Morgan fingerprint density at radius 1 is 1.35 bits per heavy atom. The summed E-state index contributed by atoms with van der Waals surface area (Å²) in [7, 11) is 0. The summed E-state index contributed by atoms with van der Waals surface area (Å²) in [5.41, 5.74) is 2.13. The van der Waals surface area contributed by atoms with Gasteiger partial charge >= 0.3 is 0 Å². The van der Waals surface area contributed by atoms with E-state index in [9.17, 15) is 4.79 Å². The number of aryl methyl sites for hydroxylation is 1. The van der Waals surface area contributed by atoms with Crippen LogP contribution in [0, 0.1) is 6.92 Å². The fraction of sp³-hybridized carbons (Fsp3) is 0.154. The van der Waals surface area contributed by atoms with Crippen LogP contribution in [0.2, 0.25) is 0 Å². The first-order valence-electron chi connectivity index (χ1n) is 5.47. The highest BCUT2D eigenvalue weighted by atomic mass is 16.5. The van der Waals surface area contributed by atoms with E-state index in [4.69, 9.17) is 4.74 Å². The molecule has 1 aromatic heterocycles. The van der Waals surface area contributed by atoms with Gasteiger partial charge in [0.1, 0.15) is 11.5 Å². The van der Waals surface area contributed by atoms with Crippen molar-refractivity contribution in [3.05, 3.63) is 41.8 Å². The lowest BCUT2D eigenvalue weighted by Gasteiger charge is -2.06. The topological polar surface area (TPSA) is 54.1 Å². The molecule has 2 N–H and O–H groups in total. The summed E-state index contributed by atoms with van der Waals surface area (Å²) in [6, 6.07) is 7.87. The van der Waals surface area contributed by atoms with E-state index < -0.39 is 0 Å². The number of ether oxygens (including phenoxy) is 1. The van der Waals surface area contributed by atoms with Gasteiger partial charge in [-0.05, 0) is 25.1 Å². The van der Waals surface area contributed by atoms with Gasteiger partial charge in [0.15, 0.2) is 0 Å². The minimum atomic E-state index is -0.0996. The lowest BCUT2D eigenvalue weighted by atomic mass is 10.2. The number of fused-ring (bicyclic) bond motifs is 1. The lowest BCUT2D eigenvalue weighted by Crippen LogP contribution is -2.15. The Labute approximate surface area is 98.3 Å². The van der Waals surface area contributed by atoms with E-state index in [0.29, 0.717) is 12.3 Å². The fourth-order valence-corrected chi connectivity index (χ4v) is 1.99. The standard InChI is InChI=1S/C13H12N2O2/c1-8-5-10-11(15-8)3-2-4-12(10)17-9-6-13(16)14-7-9/h2-6,15H,7H2,1H3,(H,14,16). The first-order chi connectivity index (χ1) is 8.22. The molecular weight excluding hydrogens is 216 g/mol.